The van der Waals surface area contributed by atoms with Crippen molar-refractivity contribution in [3.63, 3.8) is 0 Å². The molecule has 1 rings (SSSR count). The molecule has 80 valence electrons. The Bertz CT molecular complexity index is 347. The van der Waals surface area contributed by atoms with E-state index >= 15 is 0 Å². The van der Waals surface area contributed by atoms with Gasteiger partial charge in [-0.25, -0.2) is 4.79 Å². The quantitative estimate of drug-likeness (QED) is 0.592. The van der Waals surface area contributed by atoms with Gasteiger partial charge >= 0.3 is 5.97 Å². The second-order valence-electron chi connectivity index (χ2n) is 2.94. The van der Waals surface area contributed by atoms with E-state index in [4.69, 9.17) is 4.74 Å². The maximum absolute atomic E-state index is 11.5. The van der Waals surface area contributed by atoms with Gasteiger partial charge in [0.05, 0.1) is 12.2 Å². The predicted molar refractivity (Wildman–Crippen MR) is 61.1 cm³/mol. The Morgan fingerprint density at radius 1 is 1.53 bits per heavy atom. The Labute approximate surface area is 89.8 Å². The maximum Gasteiger partial charge on any atom is 0.340 e. The zero-order chi connectivity index (χ0) is 11.1. The zero-order valence-corrected chi connectivity index (χ0v) is 8.82. The van der Waals surface area contributed by atoms with E-state index in [1.54, 1.807) is 19.1 Å². The molecule has 15 heavy (non-hydrogen) atoms. The van der Waals surface area contributed by atoms with E-state index in [0.29, 0.717) is 18.7 Å². The number of hydrogen-bond acceptors (Lipinski definition) is 3. The summed E-state index contributed by atoms with van der Waals surface area (Å²) in [7, 11) is 0. The number of ether oxygens (including phenoxy) is 1. The molecule has 1 N–H and O–H groups in total. The molecule has 3 nitrogen and oxygen atoms in total. The molecule has 0 heterocycles. The average Bonchev–Trinajstić information content (AvgIpc) is 2.27. The highest BCUT2D eigenvalue weighted by molar-refractivity contribution is 5.95. The summed E-state index contributed by atoms with van der Waals surface area (Å²) < 4.78 is 4.94. The summed E-state index contributed by atoms with van der Waals surface area (Å²) in [6.07, 6.45) is 1.74. The van der Waals surface area contributed by atoms with Crippen molar-refractivity contribution in [1.29, 1.82) is 0 Å². The molecule has 0 amide bonds. The second kappa shape index (κ2) is 5.86. The summed E-state index contributed by atoms with van der Waals surface area (Å²) in [5.41, 5.74) is 1.33. The fourth-order valence-corrected chi connectivity index (χ4v) is 1.21. The molecular formula is C12H15NO2. The number of nitrogens with one attached hydrogen (secondary N) is 1. The van der Waals surface area contributed by atoms with E-state index in [1.165, 1.54) is 0 Å². The fraction of sp³-hybridized carbons (Fsp3) is 0.250. The number of rotatable bonds is 5. The van der Waals surface area contributed by atoms with Crippen molar-refractivity contribution < 1.29 is 9.53 Å². The lowest BCUT2D eigenvalue weighted by Gasteiger charge is -2.09. The van der Waals surface area contributed by atoms with E-state index < -0.39 is 0 Å². The highest BCUT2D eigenvalue weighted by Gasteiger charge is 2.10. The molecule has 3 heteroatoms. The number of benzene rings is 1. The van der Waals surface area contributed by atoms with Gasteiger partial charge < -0.3 is 10.1 Å². The van der Waals surface area contributed by atoms with E-state index in [-0.39, 0.29) is 5.97 Å². The van der Waals surface area contributed by atoms with Crippen LogP contribution in [0, 0.1) is 0 Å². The molecule has 0 saturated heterocycles. The van der Waals surface area contributed by atoms with Gasteiger partial charge in [0.1, 0.15) is 0 Å². The molecule has 1 aromatic carbocycles. The molecule has 0 radical (unpaired) electrons. The summed E-state index contributed by atoms with van der Waals surface area (Å²) in [5.74, 6) is -0.301. The minimum atomic E-state index is -0.301. The standard InChI is InChI=1S/C12H15NO2/c1-3-9-13-11-8-6-5-7-10(11)12(14)15-4-2/h3,5-8,13H,1,4,9H2,2H3. The van der Waals surface area contributed by atoms with Crippen LogP contribution in [0.3, 0.4) is 0 Å². The van der Waals surface area contributed by atoms with Crippen LogP contribution in [0.25, 0.3) is 0 Å². The van der Waals surface area contributed by atoms with E-state index in [1.807, 2.05) is 18.2 Å². The van der Waals surface area contributed by atoms with Crippen molar-refractivity contribution in [2.75, 3.05) is 18.5 Å². The van der Waals surface area contributed by atoms with Gasteiger partial charge in [-0.2, -0.15) is 0 Å². The van der Waals surface area contributed by atoms with Crippen molar-refractivity contribution in [2.24, 2.45) is 0 Å². The van der Waals surface area contributed by atoms with Gasteiger partial charge in [0.25, 0.3) is 0 Å². The maximum atomic E-state index is 11.5. The minimum absolute atomic E-state index is 0.301. The second-order valence-corrected chi connectivity index (χ2v) is 2.94. The molecule has 0 saturated carbocycles. The summed E-state index contributed by atoms with van der Waals surface area (Å²) in [6.45, 7) is 6.40. The molecule has 0 aliphatic carbocycles. The van der Waals surface area contributed by atoms with Gasteiger partial charge in [0.2, 0.25) is 0 Å². The third kappa shape index (κ3) is 3.13. The van der Waals surface area contributed by atoms with Crippen LogP contribution in [0.4, 0.5) is 5.69 Å². The van der Waals surface area contributed by atoms with Crippen LogP contribution in [0.15, 0.2) is 36.9 Å². The lowest BCUT2D eigenvalue weighted by atomic mass is 10.2. The molecule has 0 unspecified atom stereocenters. The lowest BCUT2D eigenvalue weighted by Crippen LogP contribution is -2.09. The van der Waals surface area contributed by atoms with Crippen molar-refractivity contribution in [1.82, 2.24) is 0 Å². The van der Waals surface area contributed by atoms with Gasteiger partial charge in [-0.05, 0) is 19.1 Å². The molecule has 1 aromatic rings. The molecule has 0 aliphatic rings. The molecule has 0 atom stereocenters. The summed E-state index contributed by atoms with van der Waals surface area (Å²) in [5, 5.41) is 3.08. The van der Waals surface area contributed by atoms with Crippen LogP contribution in [-0.2, 0) is 4.74 Å². The third-order valence-corrected chi connectivity index (χ3v) is 1.86. The SMILES string of the molecule is C=CCNc1ccccc1C(=O)OCC. The monoisotopic (exact) mass is 205 g/mol. The van der Waals surface area contributed by atoms with E-state index in [0.717, 1.165) is 5.69 Å². The molecular weight excluding hydrogens is 190 g/mol. The van der Waals surface area contributed by atoms with Crippen LogP contribution in [0.1, 0.15) is 17.3 Å². The first kappa shape index (κ1) is 11.3. The van der Waals surface area contributed by atoms with Gasteiger partial charge in [-0.15, -0.1) is 6.58 Å². The largest absolute Gasteiger partial charge is 0.462 e. The normalized spacial score (nSPS) is 9.40. The van der Waals surface area contributed by atoms with Crippen LogP contribution >= 0.6 is 0 Å². The number of esters is 1. The Kier molecular flexibility index (Phi) is 4.41. The third-order valence-electron chi connectivity index (χ3n) is 1.86. The average molecular weight is 205 g/mol. The van der Waals surface area contributed by atoms with Crippen molar-refractivity contribution >= 4 is 11.7 Å². The first-order chi connectivity index (χ1) is 7.29. The minimum Gasteiger partial charge on any atom is -0.462 e. The Balaban J connectivity index is 2.85. The van der Waals surface area contributed by atoms with Gasteiger partial charge in [-0.1, -0.05) is 18.2 Å². The number of hydrogen-bond donors (Lipinski definition) is 1. The van der Waals surface area contributed by atoms with Crippen molar-refractivity contribution in [3.05, 3.63) is 42.5 Å². The highest BCUT2D eigenvalue weighted by atomic mass is 16.5. The van der Waals surface area contributed by atoms with Crippen LogP contribution in [0.2, 0.25) is 0 Å². The summed E-state index contributed by atoms with van der Waals surface area (Å²) in [4.78, 5) is 11.5. The fourth-order valence-electron chi connectivity index (χ4n) is 1.21. The first-order valence-electron chi connectivity index (χ1n) is 4.90. The topological polar surface area (TPSA) is 38.3 Å². The lowest BCUT2D eigenvalue weighted by molar-refractivity contribution is 0.0527. The van der Waals surface area contributed by atoms with E-state index in [2.05, 4.69) is 11.9 Å². The molecule has 0 aromatic heterocycles. The van der Waals surface area contributed by atoms with Crippen LogP contribution in [-0.4, -0.2) is 19.1 Å². The van der Waals surface area contributed by atoms with Gasteiger partial charge in [-0.3, -0.25) is 0 Å². The molecule has 0 aliphatic heterocycles. The van der Waals surface area contributed by atoms with Crippen LogP contribution in [0.5, 0.6) is 0 Å². The van der Waals surface area contributed by atoms with Crippen molar-refractivity contribution in [3.8, 4) is 0 Å². The molecule has 0 fully saturated rings. The van der Waals surface area contributed by atoms with Crippen molar-refractivity contribution in [2.45, 2.75) is 6.92 Å². The van der Waals surface area contributed by atoms with Gasteiger partial charge in [0.15, 0.2) is 0 Å². The number of carbonyl (C=O) groups excluding carboxylic acids is 1. The Morgan fingerprint density at radius 2 is 2.27 bits per heavy atom. The Morgan fingerprint density at radius 3 is 2.93 bits per heavy atom. The zero-order valence-electron chi connectivity index (χ0n) is 8.82. The van der Waals surface area contributed by atoms with Gasteiger partial charge in [0, 0.05) is 12.2 Å². The van der Waals surface area contributed by atoms with E-state index in [9.17, 15) is 4.79 Å². The molecule has 0 bridgehead atoms. The molecule has 0 spiro atoms. The number of carbonyl (C=O) groups is 1. The predicted octanol–water partition coefficient (Wildman–Crippen LogP) is 2.46. The summed E-state index contributed by atoms with van der Waals surface area (Å²) >= 11 is 0. The number of para-hydroxylation sites is 1. The number of anilines is 1. The first-order valence-corrected chi connectivity index (χ1v) is 4.90. The Hall–Kier alpha value is -1.77. The van der Waals surface area contributed by atoms with Crippen LogP contribution < -0.4 is 5.32 Å². The summed E-state index contributed by atoms with van der Waals surface area (Å²) in [6, 6.07) is 7.26. The highest BCUT2D eigenvalue weighted by Crippen LogP contribution is 2.15. The smallest absolute Gasteiger partial charge is 0.340 e.